The van der Waals surface area contributed by atoms with Crippen LogP contribution in [0.2, 0.25) is 0 Å². The number of hydrogen-bond donors (Lipinski definition) is 1. The first kappa shape index (κ1) is 15.4. The van der Waals surface area contributed by atoms with Crippen molar-refractivity contribution < 1.29 is 38.4 Å². The molecule has 1 aliphatic rings. The number of carbonyl (C=O) groups is 3. The lowest BCUT2D eigenvalue weighted by Gasteiger charge is -2.37. The van der Waals surface area contributed by atoms with Gasteiger partial charge in [-0.3, -0.25) is 14.4 Å². The molecule has 0 bridgehead atoms. The molecule has 0 radical (unpaired) electrons. The third kappa shape index (κ3) is 4.49. The van der Waals surface area contributed by atoms with Crippen LogP contribution in [-0.2, 0) is 33.3 Å². The molecule has 0 aromatic carbocycles. The molecule has 0 aliphatic carbocycles. The second-order valence-corrected chi connectivity index (χ2v) is 4.02. The Morgan fingerprint density at radius 2 is 1.53 bits per heavy atom. The fraction of sp³-hybridized carbons (Fsp3) is 0.727. The summed E-state index contributed by atoms with van der Waals surface area (Å²) in [7, 11) is 0. The lowest BCUT2D eigenvalue weighted by Crippen LogP contribution is -2.56. The van der Waals surface area contributed by atoms with Gasteiger partial charge in [0.25, 0.3) is 0 Å². The van der Waals surface area contributed by atoms with E-state index < -0.39 is 42.5 Å². The topological polar surface area (TPSA) is 108 Å². The molecule has 1 heterocycles. The van der Waals surface area contributed by atoms with Gasteiger partial charge in [0.1, 0.15) is 0 Å². The van der Waals surface area contributed by atoms with Gasteiger partial charge in [0, 0.05) is 20.8 Å². The summed E-state index contributed by atoms with van der Waals surface area (Å²) in [6.07, 6.45) is -4.82. The van der Waals surface area contributed by atoms with Crippen molar-refractivity contribution >= 4 is 17.9 Å². The average Bonchev–Trinajstić information content (AvgIpc) is 2.26. The first-order chi connectivity index (χ1) is 8.81. The zero-order valence-electron chi connectivity index (χ0n) is 10.8. The van der Waals surface area contributed by atoms with E-state index in [1.165, 1.54) is 6.92 Å². The molecule has 108 valence electrons. The van der Waals surface area contributed by atoms with Crippen LogP contribution in [0.1, 0.15) is 20.8 Å². The second-order valence-electron chi connectivity index (χ2n) is 4.02. The van der Waals surface area contributed by atoms with E-state index in [4.69, 9.17) is 18.9 Å². The van der Waals surface area contributed by atoms with Crippen LogP contribution in [0.5, 0.6) is 0 Å². The predicted molar refractivity (Wildman–Crippen MR) is 58.6 cm³/mol. The van der Waals surface area contributed by atoms with Gasteiger partial charge in [0.2, 0.25) is 6.29 Å². The van der Waals surface area contributed by atoms with Crippen LogP contribution in [-0.4, -0.2) is 54.2 Å². The number of ether oxygens (including phenoxy) is 4. The van der Waals surface area contributed by atoms with Crippen molar-refractivity contribution in [2.75, 3.05) is 6.61 Å². The molecule has 19 heavy (non-hydrogen) atoms. The minimum absolute atomic E-state index is 0.160. The Morgan fingerprint density at radius 1 is 1.00 bits per heavy atom. The first-order valence-corrected chi connectivity index (χ1v) is 5.62. The van der Waals surface area contributed by atoms with E-state index in [9.17, 15) is 19.5 Å². The molecule has 0 aromatic heterocycles. The van der Waals surface area contributed by atoms with E-state index in [0.717, 1.165) is 13.8 Å². The molecule has 0 unspecified atom stereocenters. The molecule has 0 amide bonds. The van der Waals surface area contributed by atoms with Gasteiger partial charge >= 0.3 is 17.9 Å². The van der Waals surface area contributed by atoms with E-state index in [-0.39, 0.29) is 6.61 Å². The summed E-state index contributed by atoms with van der Waals surface area (Å²) in [5.41, 5.74) is 0. The average molecular weight is 276 g/mol. The van der Waals surface area contributed by atoms with E-state index in [0.29, 0.717) is 0 Å². The van der Waals surface area contributed by atoms with Crippen molar-refractivity contribution in [3.05, 3.63) is 0 Å². The van der Waals surface area contributed by atoms with Crippen LogP contribution < -0.4 is 0 Å². The zero-order chi connectivity index (χ0) is 14.6. The summed E-state index contributed by atoms with van der Waals surface area (Å²) in [6.45, 7) is 3.31. The number of aliphatic hydroxyl groups excluding tert-OH is 1. The van der Waals surface area contributed by atoms with Gasteiger partial charge in [-0.25, -0.2) is 0 Å². The molecule has 0 spiro atoms. The number of rotatable bonds is 3. The third-order valence-corrected chi connectivity index (χ3v) is 2.31. The maximum Gasteiger partial charge on any atom is 0.305 e. The van der Waals surface area contributed by atoms with Gasteiger partial charge in [-0.15, -0.1) is 0 Å². The van der Waals surface area contributed by atoms with Crippen LogP contribution in [0.4, 0.5) is 0 Å². The molecule has 4 atom stereocenters. The van der Waals surface area contributed by atoms with Crippen LogP contribution in [0.15, 0.2) is 0 Å². The van der Waals surface area contributed by atoms with Crippen molar-refractivity contribution in [3.63, 3.8) is 0 Å². The Morgan fingerprint density at radius 3 is 2.00 bits per heavy atom. The van der Waals surface area contributed by atoms with Gasteiger partial charge < -0.3 is 24.1 Å². The summed E-state index contributed by atoms with van der Waals surface area (Å²) >= 11 is 0. The molecule has 1 rings (SSSR count). The van der Waals surface area contributed by atoms with Gasteiger partial charge in [0.15, 0.2) is 18.3 Å². The molecule has 0 saturated carbocycles. The Kier molecular flexibility index (Phi) is 5.25. The summed E-state index contributed by atoms with van der Waals surface area (Å²) < 4.78 is 19.6. The zero-order valence-corrected chi connectivity index (χ0v) is 10.8. The van der Waals surface area contributed by atoms with Crippen molar-refractivity contribution in [1.29, 1.82) is 0 Å². The Bertz CT molecular complexity index is 366. The number of esters is 3. The third-order valence-electron chi connectivity index (χ3n) is 2.31. The number of carbonyl (C=O) groups excluding carboxylic acids is 3. The highest BCUT2D eigenvalue weighted by atomic mass is 16.7. The Labute approximate surface area is 109 Å². The maximum absolute atomic E-state index is 11.0. The molecule has 1 N–H and O–H groups in total. The van der Waals surface area contributed by atoms with Crippen molar-refractivity contribution in [2.24, 2.45) is 0 Å². The normalized spacial score (nSPS) is 30.3. The lowest BCUT2D eigenvalue weighted by molar-refractivity contribution is -0.269. The molecule has 1 saturated heterocycles. The van der Waals surface area contributed by atoms with E-state index in [1.807, 2.05) is 0 Å². The largest absolute Gasteiger partial charge is 0.456 e. The number of aliphatic hydroxyl groups is 1. The van der Waals surface area contributed by atoms with E-state index in [2.05, 4.69) is 0 Å². The van der Waals surface area contributed by atoms with E-state index in [1.54, 1.807) is 0 Å². The predicted octanol–water partition coefficient (Wildman–Crippen LogP) is -0.870. The summed E-state index contributed by atoms with van der Waals surface area (Å²) in [6, 6.07) is 0. The fourth-order valence-corrected chi connectivity index (χ4v) is 1.68. The van der Waals surface area contributed by atoms with Gasteiger partial charge in [-0.1, -0.05) is 0 Å². The van der Waals surface area contributed by atoms with Crippen molar-refractivity contribution in [2.45, 2.75) is 45.4 Å². The molecule has 0 aromatic rings. The fourth-order valence-electron chi connectivity index (χ4n) is 1.68. The summed E-state index contributed by atoms with van der Waals surface area (Å²) in [5.74, 6) is -1.93. The van der Waals surface area contributed by atoms with Gasteiger partial charge in [-0.05, 0) is 0 Å². The summed E-state index contributed by atoms with van der Waals surface area (Å²) in [5, 5.41) is 9.94. The molecule has 8 heteroatoms. The van der Waals surface area contributed by atoms with Gasteiger partial charge in [-0.2, -0.15) is 0 Å². The van der Waals surface area contributed by atoms with Crippen molar-refractivity contribution in [1.82, 2.24) is 0 Å². The highest BCUT2D eigenvalue weighted by Crippen LogP contribution is 2.22. The van der Waals surface area contributed by atoms with Crippen LogP contribution in [0.25, 0.3) is 0 Å². The molecule has 1 fully saturated rings. The molecule has 1 aliphatic heterocycles. The second kappa shape index (κ2) is 6.48. The van der Waals surface area contributed by atoms with Crippen molar-refractivity contribution in [3.8, 4) is 0 Å². The van der Waals surface area contributed by atoms with Crippen LogP contribution in [0.3, 0.4) is 0 Å². The molecular weight excluding hydrogens is 260 g/mol. The molecular formula is C11H16O8. The van der Waals surface area contributed by atoms with E-state index >= 15 is 0 Å². The Hall–Kier alpha value is -1.67. The highest BCUT2D eigenvalue weighted by Gasteiger charge is 2.45. The quantitative estimate of drug-likeness (QED) is 0.523. The number of hydrogen-bond acceptors (Lipinski definition) is 8. The van der Waals surface area contributed by atoms with Gasteiger partial charge in [0.05, 0.1) is 6.61 Å². The SMILES string of the molecule is CC(=O)O[C@H]1OC[C@@H](OC(C)=O)[C@H](OC(C)=O)[C@H]1O. The Balaban J connectivity index is 2.79. The van der Waals surface area contributed by atoms with Crippen LogP contribution >= 0.6 is 0 Å². The maximum atomic E-state index is 11.0. The summed E-state index contributed by atoms with van der Waals surface area (Å²) in [4.78, 5) is 32.8. The minimum Gasteiger partial charge on any atom is -0.456 e. The minimum atomic E-state index is -1.44. The highest BCUT2D eigenvalue weighted by molar-refractivity contribution is 5.67. The smallest absolute Gasteiger partial charge is 0.305 e. The first-order valence-electron chi connectivity index (χ1n) is 5.62. The standard InChI is InChI=1S/C11H16O8/c1-5(12)17-8-4-16-11(19-7(3)14)9(15)10(8)18-6(2)13/h8-11,15H,4H2,1-3H3/t8-,9-,10+,11-/m1/s1. The monoisotopic (exact) mass is 276 g/mol. The molecule has 8 nitrogen and oxygen atoms in total. The lowest BCUT2D eigenvalue weighted by atomic mass is 10.0. The van der Waals surface area contributed by atoms with Crippen LogP contribution in [0, 0.1) is 0 Å².